The lowest BCUT2D eigenvalue weighted by Crippen LogP contribution is -2.25. The maximum atomic E-state index is 3.75. The number of allylic oxidation sites excluding steroid dienone is 1. The van der Waals surface area contributed by atoms with Crippen molar-refractivity contribution in [2.45, 2.75) is 32.1 Å². The highest BCUT2D eigenvalue weighted by Crippen LogP contribution is 2.16. The van der Waals surface area contributed by atoms with Crippen LogP contribution in [0.15, 0.2) is 12.7 Å². The lowest BCUT2D eigenvalue weighted by molar-refractivity contribution is 0.314. The fourth-order valence-electron chi connectivity index (χ4n) is 2.37. The molecule has 1 saturated heterocycles. The summed E-state index contributed by atoms with van der Waals surface area (Å²) in [5, 5.41) is 3.28. The van der Waals surface area contributed by atoms with Gasteiger partial charge in [-0.15, -0.1) is 6.58 Å². The molecule has 1 rings (SSSR count). The molecule has 1 unspecified atom stereocenters. The smallest absolute Gasteiger partial charge is 0.00223 e. The van der Waals surface area contributed by atoms with E-state index in [-0.39, 0.29) is 0 Å². The number of hydrogen-bond acceptors (Lipinski definition) is 2. The van der Waals surface area contributed by atoms with Crippen molar-refractivity contribution in [3.05, 3.63) is 12.7 Å². The third kappa shape index (κ3) is 5.33. The van der Waals surface area contributed by atoms with Gasteiger partial charge in [0, 0.05) is 6.54 Å². The van der Waals surface area contributed by atoms with Crippen molar-refractivity contribution in [2.24, 2.45) is 5.92 Å². The Morgan fingerprint density at radius 2 is 2.27 bits per heavy atom. The van der Waals surface area contributed by atoms with Crippen LogP contribution in [0.5, 0.6) is 0 Å². The van der Waals surface area contributed by atoms with E-state index in [9.17, 15) is 0 Å². The molecule has 0 aliphatic carbocycles. The van der Waals surface area contributed by atoms with Crippen molar-refractivity contribution >= 4 is 0 Å². The van der Waals surface area contributed by atoms with Gasteiger partial charge < -0.3 is 10.2 Å². The lowest BCUT2D eigenvalue weighted by Gasteiger charge is -2.15. The molecule has 1 heterocycles. The minimum absolute atomic E-state index is 0.892. The van der Waals surface area contributed by atoms with Gasteiger partial charge in [-0.25, -0.2) is 0 Å². The van der Waals surface area contributed by atoms with Crippen LogP contribution in [-0.4, -0.2) is 38.1 Å². The number of rotatable bonds is 8. The molecule has 0 aromatic carbocycles. The number of nitrogens with one attached hydrogen (secondary N) is 1. The summed E-state index contributed by atoms with van der Waals surface area (Å²) < 4.78 is 0. The second-order valence-electron chi connectivity index (χ2n) is 4.65. The van der Waals surface area contributed by atoms with Gasteiger partial charge >= 0.3 is 0 Å². The van der Waals surface area contributed by atoms with E-state index in [4.69, 9.17) is 0 Å². The summed E-state index contributed by atoms with van der Waals surface area (Å²) in [6, 6.07) is 0. The first kappa shape index (κ1) is 12.7. The van der Waals surface area contributed by atoms with E-state index in [2.05, 4.69) is 23.8 Å². The van der Waals surface area contributed by atoms with Gasteiger partial charge in [0.05, 0.1) is 0 Å². The summed E-state index contributed by atoms with van der Waals surface area (Å²) >= 11 is 0. The van der Waals surface area contributed by atoms with E-state index in [1.807, 2.05) is 6.08 Å². The summed E-state index contributed by atoms with van der Waals surface area (Å²) in [7, 11) is 2.05. The Hall–Kier alpha value is -0.340. The molecule has 15 heavy (non-hydrogen) atoms. The molecule has 0 radical (unpaired) electrons. The van der Waals surface area contributed by atoms with Crippen LogP contribution in [0, 0.1) is 5.92 Å². The Kier molecular flexibility index (Phi) is 6.69. The van der Waals surface area contributed by atoms with Crippen molar-refractivity contribution in [3.63, 3.8) is 0 Å². The summed E-state index contributed by atoms with van der Waals surface area (Å²) in [5.41, 5.74) is 0. The predicted octanol–water partition coefficient (Wildman–Crippen LogP) is 2.27. The van der Waals surface area contributed by atoms with E-state index in [0.29, 0.717) is 0 Å². The number of likely N-dealkylation sites (tertiary alicyclic amines) is 1. The van der Waals surface area contributed by atoms with E-state index in [1.54, 1.807) is 0 Å². The van der Waals surface area contributed by atoms with Crippen LogP contribution < -0.4 is 5.32 Å². The van der Waals surface area contributed by atoms with Crippen molar-refractivity contribution < 1.29 is 0 Å². The zero-order chi connectivity index (χ0) is 10.9. The Labute approximate surface area is 94.7 Å². The molecule has 0 aromatic heterocycles. The molecule has 2 heteroatoms. The van der Waals surface area contributed by atoms with Crippen LogP contribution in [0.3, 0.4) is 0 Å². The molecule has 1 atom stereocenters. The first-order chi connectivity index (χ1) is 7.36. The minimum Gasteiger partial charge on any atom is -0.319 e. The molecule has 88 valence electrons. The number of unbranched alkanes of at least 4 members (excludes halogenated alkanes) is 3. The molecule has 2 nitrogen and oxygen atoms in total. The zero-order valence-electron chi connectivity index (χ0n) is 10.2. The van der Waals surface area contributed by atoms with Gasteiger partial charge in [-0.2, -0.15) is 0 Å². The minimum atomic E-state index is 0.892. The quantitative estimate of drug-likeness (QED) is 0.488. The third-order valence-corrected chi connectivity index (χ3v) is 3.25. The highest BCUT2D eigenvalue weighted by molar-refractivity contribution is 4.76. The van der Waals surface area contributed by atoms with E-state index < -0.39 is 0 Å². The molecule has 1 fully saturated rings. The van der Waals surface area contributed by atoms with Crippen molar-refractivity contribution in [2.75, 3.05) is 33.2 Å². The molecule has 1 aliphatic rings. The normalized spacial score (nSPS) is 22.1. The molecule has 0 bridgehead atoms. The first-order valence-corrected chi connectivity index (χ1v) is 6.34. The molecular formula is C13H26N2. The van der Waals surface area contributed by atoms with Gasteiger partial charge in [0.2, 0.25) is 0 Å². The average Bonchev–Trinajstić information content (AvgIpc) is 2.66. The molecular weight excluding hydrogens is 184 g/mol. The molecule has 0 saturated carbocycles. The Bertz CT molecular complexity index is 168. The fourth-order valence-corrected chi connectivity index (χ4v) is 2.37. The standard InChI is InChI=1S/C13H26N2/c1-3-4-5-6-7-9-15-10-8-13(12-15)11-14-2/h3,13-14H,1,4-12H2,2H3. The maximum absolute atomic E-state index is 3.75. The fraction of sp³-hybridized carbons (Fsp3) is 0.846. The molecule has 0 amide bonds. The third-order valence-electron chi connectivity index (χ3n) is 3.25. The van der Waals surface area contributed by atoms with Gasteiger partial charge in [0.25, 0.3) is 0 Å². The second-order valence-corrected chi connectivity index (χ2v) is 4.65. The van der Waals surface area contributed by atoms with Gasteiger partial charge in [0.1, 0.15) is 0 Å². The van der Waals surface area contributed by atoms with Crippen molar-refractivity contribution in [3.8, 4) is 0 Å². The Morgan fingerprint density at radius 3 is 3.00 bits per heavy atom. The van der Waals surface area contributed by atoms with Gasteiger partial charge in [-0.05, 0) is 58.3 Å². The van der Waals surface area contributed by atoms with Crippen LogP contribution in [0.2, 0.25) is 0 Å². The van der Waals surface area contributed by atoms with E-state index in [0.717, 1.165) is 5.92 Å². The highest BCUT2D eigenvalue weighted by atomic mass is 15.1. The Balaban J connectivity index is 1.96. The van der Waals surface area contributed by atoms with Crippen LogP contribution >= 0.6 is 0 Å². The summed E-state index contributed by atoms with van der Waals surface area (Å²) in [4.78, 5) is 2.62. The van der Waals surface area contributed by atoms with Crippen LogP contribution in [-0.2, 0) is 0 Å². The van der Waals surface area contributed by atoms with Crippen molar-refractivity contribution in [1.29, 1.82) is 0 Å². The first-order valence-electron chi connectivity index (χ1n) is 6.34. The van der Waals surface area contributed by atoms with Gasteiger partial charge in [-0.3, -0.25) is 0 Å². The SMILES string of the molecule is C=CCCCCCN1CCC(CNC)C1. The molecule has 0 aromatic rings. The molecule has 0 spiro atoms. The van der Waals surface area contributed by atoms with Crippen molar-refractivity contribution in [1.82, 2.24) is 10.2 Å². The number of nitrogens with zero attached hydrogens (tertiary/aromatic N) is 1. The topological polar surface area (TPSA) is 15.3 Å². The Morgan fingerprint density at radius 1 is 1.40 bits per heavy atom. The second kappa shape index (κ2) is 7.89. The highest BCUT2D eigenvalue weighted by Gasteiger charge is 2.20. The zero-order valence-corrected chi connectivity index (χ0v) is 10.2. The summed E-state index contributed by atoms with van der Waals surface area (Å²) in [6.45, 7) is 8.86. The van der Waals surface area contributed by atoms with Gasteiger partial charge in [-0.1, -0.05) is 12.5 Å². The van der Waals surface area contributed by atoms with Gasteiger partial charge in [0.15, 0.2) is 0 Å². The predicted molar refractivity (Wildman–Crippen MR) is 67.1 cm³/mol. The van der Waals surface area contributed by atoms with E-state index >= 15 is 0 Å². The maximum Gasteiger partial charge on any atom is 0.00223 e. The van der Waals surface area contributed by atoms with Crippen LogP contribution in [0.25, 0.3) is 0 Å². The lowest BCUT2D eigenvalue weighted by atomic mass is 10.1. The summed E-state index contributed by atoms with van der Waals surface area (Å²) in [6.07, 6.45) is 8.63. The van der Waals surface area contributed by atoms with E-state index in [1.165, 1.54) is 58.3 Å². The monoisotopic (exact) mass is 210 g/mol. The number of hydrogen-bond donors (Lipinski definition) is 1. The molecule has 1 aliphatic heterocycles. The molecule has 1 N–H and O–H groups in total. The van der Waals surface area contributed by atoms with Crippen LogP contribution in [0.4, 0.5) is 0 Å². The largest absolute Gasteiger partial charge is 0.319 e. The summed E-state index contributed by atoms with van der Waals surface area (Å²) in [5.74, 6) is 0.892. The average molecular weight is 210 g/mol. The van der Waals surface area contributed by atoms with Crippen LogP contribution in [0.1, 0.15) is 32.1 Å².